The topological polar surface area (TPSA) is 55.6 Å². The van der Waals surface area contributed by atoms with Crippen molar-refractivity contribution in [2.45, 2.75) is 19.8 Å². The maximum Gasteiger partial charge on any atom is 0.222 e. The maximum atomic E-state index is 12.3. The smallest absolute Gasteiger partial charge is 0.222 e. The molecule has 0 fully saturated rings. The van der Waals surface area contributed by atoms with Gasteiger partial charge in [-0.1, -0.05) is 40.9 Å². The summed E-state index contributed by atoms with van der Waals surface area (Å²) < 4.78 is 11.4. The molecule has 2 aromatic carbocycles. The van der Waals surface area contributed by atoms with Crippen molar-refractivity contribution in [1.82, 2.24) is 9.88 Å². The fourth-order valence-electron chi connectivity index (χ4n) is 2.70. The first-order valence-corrected chi connectivity index (χ1v) is 10.0. The molecule has 0 N–H and O–H groups in total. The van der Waals surface area contributed by atoms with Crippen molar-refractivity contribution in [2.75, 3.05) is 20.2 Å². The molecule has 5 nitrogen and oxygen atoms in total. The van der Waals surface area contributed by atoms with Crippen molar-refractivity contribution in [3.8, 4) is 17.1 Å². The number of carbonyl (C=O) groups is 1. The summed E-state index contributed by atoms with van der Waals surface area (Å²) in [5.74, 6) is 1.84. The minimum Gasteiger partial charge on any atom is -0.492 e. The van der Waals surface area contributed by atoms with Gasteiger partial charge in [-0.05, 0) is 37.3 Å². The lowest BCUT2D eigenvalue weighted by atomic mass is 10.2. The fourth-order valence-corrected chi connectivity index (χ4v) is 3.21. The summed E-state index contributed by atoms with van der Waals surface area (Å²) in [6, 6.07) is 13.0. The number of likely N-dealkylation sites (N-methyl/N-ethyl adjacent to an activating group) is 1. The molecule has 1 heterocycles. The Morgan fingerprint density at radius 1 is 1.17 bits per heavy atom. The molecule has 0 saturated heterocycles. The highest BCUT2D eigenvalue weighted by molar-refractivity contribution is 6.36. The van der Waals surface area contributed by atoms with Crippen LogP contribution in [0.1, 0.15) is 17.9 Å². The Kier molecular flexibility index (Phi) is 7.18. The molecule has 3 rings (SSSR count). The lowest BCUT2D eigenvalue weighted by Gasteiger charge is -2.17. The number of rotatable bonds is 8. The number of halogens is 2. The molecular weight excluding hydrogens is 411 g/mol. The van der Waals surface area contributed by atoms with Crippen LogP contribution in [0.15, 0.2) is 53.1 Å². The summed E-state index contributed by atoms with van der Waals surface area (Å²) >= 11 is 12.1. The van der Waals surface area contributed by atoms with Crippen LogP contribution in [-0.4, -0.2) is 36.0 Å². The van der Waals surface area contributed by atoms with Crippen molar-refractivity contribution in [3.63, 3.8) is 0 Å². The van der Waals surface area contributed by atoms with Crippen molar-refractivity contribution in [1.29, 1.82) is 0 Å². The van der Waals surface area contributed by atoms with Crippen LogP contribution in [0, 0.1) is 6.92 Å². The SMILES string of the molecule is Cc1ccc(OCCN(C)C(=O)CCc2ncc(-c3ccc(Cl)cc3Cl)o2)cc1. The van der Waals surface area contributed by atoms with Crippen LogP contribution in [0.5, 0.6) is 5.75 Å². The highest BCUT2D eigenvalue weighted by Crippen LogP contribution is 2.30. The number of oxazole rings is 1. The highest BCUT2D eigenvalue weighted by atomic mass is 35.5. The Balaban J connectivity index is 1.46. The van der Waals surface area contributed by atoms with Crippen LogP contribution >= 0.6 is 23.2 Å². The molecule has 0 unspecified atom stereocenters. The molecule has 0 spiro atoms. The van der Waals surface area contributed by atoms with E-state index in [4.69, 9.17) is 32.4 Å². The van der Waals surface area contributed by atoms with E-state index in [9.17, 15) is 4.79 Å². The van der Waals surface area contributed by atoms with E-state index >= 15 is 0 Å². The average molecular weight is 433 g/mol. The minimum absolute atomic E-state index is 0.00165. The molecule has 0 aliphatic heterocycles. The van der Waals surface area contributed by atoms with Gasteiger partial charge in [-0.25, -0.2) is 4.98 Å². The first-order chi connectivity index (χ1) is 13.9. The number of aromatic nitrogens is 1. The third-order valence-corrected chi connectivity index (χ3v) is 4.99. The molecule has 7 heteroatoms. The predicted molar refractivity (Wildman–Crippen MR) is 115 cm³/mol. The Morgan fingerprint density at radius 3 is 2.66 bits per heavy atom. The molecule has 1 amide bonds. The summed E-state index contributed by atoms with van der Waals surface area (Å²) in [4.78, 5) is 18.2. The fraction of sp³-hybridized carbons (Fsp3) is 0.273. The monoisotopic (exact) mass is 432 g/mol. The normalized spacial score (nSPS) is 10.8. The molecule has 0 atom stereocenters. The van der Waals surface area contributed by atoms with Crippen LogP contribution < -0.4 is 4.74 Å². The van der Waals surface area contributed by atoms with Gasteiger partial charge in [0.15, 0.2) is 11.7 Å². The molecule has 0 aliphatic rings. The van der Waals surface area contributed by atoms with Gasteiger partial charge in [0.05, 0.1) is 17.8 Å². The molecule has 152 valence electrons. The molecule has 1 aromatic heterocycles. The van der Waals surface area contributed by atoms with Gasteiger partial charge >= 0.3 is 0 Å². The van der Waals surface area contributed by atoms with E-state index in [1.54, 1.807) is 36.3 Å². The summed E-state index contributed by atoms with van der Waals surface area (Å²) in [5, 5.41) is 1.04. The van der Waals surface area contributed by atoms with Gasteiger partial charge in [0.25, 0.3) is 0 Å². The van der Waals surface area contributed by atoms with Crippen molar-refractivity contribution >= 4 is 29.1 Å². The number of hydrogen-bond acceptors (Lipinski definition) is 4. The van der Waals surface area contributed by atoms with E-state index in [0.717, 1.165) is 5.75 Å². The predicted octanol–water partition coefficient (Wildman–Crippen LogP) is 5.43. The molecule has 3 aromatic rings. The van der Waals surface area contributed by atoms with Crippen molar-refractivity contribution in [2.24, 2.45) is 0 Å². The average Bonchev–Trinajstić information content (AvgIpc) is 3.16. The summed E-state index contributed by atoms with van der Waals surface area (Å²) in [6.07, 6.45) is 2.32. The zero-order valence-electron chi connectivity index (χ0n) is 16.3. The standard InChI is InChI=1S/C22H22Cl2N2O3/c1-15-3-6-17(7-4-15)28-12-11-26(2)22(27)10-9-21-25-14-20(29-21)18-8-5-16(23)13-19(18)24/h3-8,13-14H,9-12H2,1-2H3. The molecule has 0 bridgehead atoms. The van der Waals surface area contributed by atoms with Crippen LogP contribution in [0.4, 0.5) is 0 Å². The van der Waals surface area contributed by atoms with Crippen LogP contribution in [0.2, 0.25) is 10.0 Å². The van der Waals surface area contributed by atoms with Gasteiger partial charge in [-0.15, -0.1) is 0 Å². The first kappa shape index (κ1) is 21.2. The summed E-state index contributed by atoms with van der Waals surface area (Å²) in [6.45, 7) is 2.96. The third kappa shape index (κ3) is 5.99. The highest BCUT2D eigenvalue weighted by Gasteiger charge is 2.14. The number of hydrogen-bond donors (Lipinski definition) is 0. The number of aryl methyl sites for hydroxylation is 2. The van der Waals surface area contributed by atoms with Crippen molar-refractivity contribution < 1.29 is 13.9 Å². The summed E-state index contributed by atoms with van der Waals surface area (Å²) in [5.41, 5.74) is 1.89. The van der Waals surface area contributed by atoms with Gasteiger partial charge in [-0.2, -0.15) is 0 Å². The molecular formula is C22H22Cl2N2O3. The lowest BCUT2D eigenvalue weighted by Crippen LogP contribution is -2.31. The minimum atomic E-state index is 0.00165. The second-order valence-electron chi connectivity index (χ2n) is 6.72. The van der Waals surface area contributed by atoms with E-state index in [1.807, 2.05) is 31.2 Å². The van der Waals surface area contributed by atoms with Gasteiger partial charge < -0.3 is 14.1 Å². The quantitative estimate of drug-likeness (QED) is 0.476. The van der Waals surface area contributed by atoms with E-state index in [2.05, 4.69) is 4.98 Å². The van der Waals surface area contributed by atoms with E-state index < -0.39 is 0 Å². The van der Waals surface area contributed by atoms with Crippen LogP contribution in [0.25, 0.3) is 11.3 Å². The zero-order chi connectivity index (χ0) is 20.8. The van der Waals surface area contributed by atoms with E-state index in [0.29, 0.717) is 53.3 Å². The number of carbonyl (C=O) groups excluding carboxylic acids is 1. The Hall–Kier alpha value is -2.50. The molecule has 29 heavy (non-hydrogen) atoms. The number of benzene rings is 2. The Bertz CT molecular complexity index is 970. The second-order valence-corrected chi connectivity index (χ2v) is 7.56. The van der Waals surface area contributed by atoms with Crippen LogP contribution in [0.3, 0.4) is 0 Å². The van der Waals surface area contributed by atoms with Gasteiger partial charge in [0, 0.05) is 30.5 Å². The van der Waals surface area contributed by atoms with E-state index in [1.165, 1.54) is 5.56 Å². The number of ether oxygens (including phenoxy) is 1. The molecule has 0 radical (unpaired) electrons. The Morgan fingerprint density at radius 2 is 1.93 bits per heavy atom. The van der Waals surface area contributed by atoms with Crippen molar-refractivity contribution in [3.05, 3.63) is 70.2 Å². The second kappa shape index (κ2) is 9.81. The van der Waals surface area contributed by atoms with E-state index in [-0.39, 0.29) is 5.91 Å². The van der Waals surface area contributed by atoms with Gasteiger partial charge in [0.1, 0.15) is 12.4 Å². The summed E-state index contributed by atoms with van der Waals surface area (Å²) in [7, 11) is 1.76. The van der Waals surface area contributed by atoms with Gasteiger partial charge in [0.2, 0.25) is 5.91 Å². The largest absolute Gasteiger partial charge is 0.492 e. The zero-order valence-corrected chi connectivity index (χ0v) is 17.8. The number of nitrogens with zero attached hydrogens (tertiary/aromatic N) is 2. The molecule has 0 saturated carbocycles. The first-order valence-electron chi connectivity index (χ1n) is 9.26. The van der Waals surface area contributed by atoms with Gasteiger partial charge in [-0.3, -0.25) is 4.79 Å². The lowest BCUT2D eigenvalue weighted by molar-refractivity contribution is -0.130. The maximum absolute atomic E-state index is 12.3. The van der Waals surface area contributed by atoms with Crippen LogP contribution in [-0.2, 0) is 11.2 Å². The Labute approximate surface area is 180 Å². The third-order valence-electron chi connectivity index (χ3n) is 4.45. The number of amides is 1. The molecule has 0 aliphatic carbocycles.